The third-order valence-electron chi connectivity index (χ3n) is 2.03. The van der Waals surface area contributed by atoms with Crippen LogP contribution in [-0.2, 0) is 11.8 Å². The van der Waals surface area contributed by atoms with Gasteiger partial charge in [-0.3, -0.25) is 14.3 Å². The van der Waals surface area contributed by atoms with Crippen LogP contribution in [0.15, 0.2) is 12.4 Å². The molecule has 0 unspecified atom stereocenters. The Morgan fingerprint density at radius 1 is 1.67 bits per heavy atom. The van der Waals surface area contributed by atoms with Crippen molar-refractivity contribution in [2.75, 3.05) is 0 Å². The monoisotopic (exact) mass is 211 g/mol. The first kappa shape index (κ1) is 11.4. The Balaban J connectivity index is 2.47. The second-order valence-corrected chi connectivity index (χ2v) is 3.31. The maximum absolute atomic E-state index is 11.5. The van der Waals surface area contributed by atoms with E-state index in [0.717, 1.165) is 0 Å². The van der Waals surface area contributed by atoms with Gasteiger partial charge in [0.15, 0.2) is 5.78 Å². The van der Waals surface area contributed by atoms with Gasteiger partial charge in [0.1, 0.15) is 6.04 Å². The third kappa shape index (κ3) is 3.17. The molecule has 82 valence electrons. The zero-order valence-corrected chi connectivity index (χ0v) is 8.38. The lowest BCUT2D eigenvalue weighted by molar-refractivity contribution is -0.138. The number of nitrogens with two attached hydrogens (primary N) is 1. The molecule has 1 rings (SSSR count). The number of carbonyl (C=O) groups excluding carboxylic acids is 1. The van der Waals surface area contributed by atoms with Gasteiger partial charge >= 0.3 is 5.97 Å². The highest BCUT2D eigenvalue weighted by Crippen LogP contribution is 2.05. The number of ketones is 1. The van der Waals surface area contributed by atoms with Gasteiger partial charge in [0.05, 0.1) is 11.8 Å². The molecule has 1 heterocycles. The number of hydrogen-bond donors (Lipinski definition) is 2. The Labute approximate surface area is 86.7 Å². The van der Waals surface area contributed by atoms with Crippen molar-refractivity contribution >= 4 is 11.8 Å². The molecule has 0 aliphatic heterocycles. The highest BCUT2D eigenvalue weighted by Gasteiger charge is 2.15. The van der Waals surface area contributed by atoms with Crippen LogP contribution in [0.2, 0.25) is 0 Å². The molecule has 1 aromatic rings. The number of rotatable bonds is 5. The highest BCUT2D eigenvalue weighted by atomic mass is 16.4. The van der Waals surface area contributed by atoms with E-state index < -0.39 is 12.0 Å². The van der Waals surface area contributed by atoms with Gasteiger partial charge in [-0.1, -0.05) is 0 Å². The summed E-state index contributed by atoms with van der Waals surface area (Å²) in [6.07, 6.45) is 3.31. The summed E-state index contributed by atoms with van der Waals surface area (Å²) < 4.78 is 1.52. The summed E-state index contributed by atoms with van der Waals surface area (Å²) in [6.45, 7) is 0. The van der Waals surface area contributed by atoms with E-state index in [2.05, 4.69) is 5.10 Å². The molecule has 6 heteroatoms. The molecule has 0 amide bonds. The van der Waals surface area contributed by atoms with Crippen molar-refractivity contribution in [1.29, 1.82) is 0 Å². The average molecular weight is 211 g/mol. The predicted molar refractivity (Wildman–Crippen MR) is 52.4 cm³/mol. The van der Waals surface area contributed by atoms with E-state index in [1.54, 1.807) is 13.2 Å². The molecule has 0 spiro atoms. The second-order valence-electron chi connectivity index (χ2n) is 3.31. The number of carbonyl (C=O) groups is 2. The van der Waals surface area contributed by atoms with E-state index in [4.69, 9.17) is 10.8 Å². The van der Waals surface area contributed by atoms with Gasteiger partial charge in [0.25, 0.3) is 0 Å². The molecular formula is C9H13N3O3. The molecule has 0 bridgehead atoms. The predicted octanol–water partition coefficient (Wildman–Crippen LogP) is -0.205. The van der Waals surface area contributed by atoms with E-state index in [1.807, 2.05) is 0 Å². The Kier molecular flexibility index (Phi) is 3.56. The van der Waals surface area contributed by atoms with Crippen molar-refractivity contribution in [1.82, 2.24) is 9.78 Å². The van der Waals surface area contributed by atoms with Crippen molar-refractivity contribution < 1.29 is 14.7 Å². The maximum Gasteiger partial charge on any atom is 0.320 e. The summed E-state index contributed by atoms with van der Waals surface area (Å²) in [5.41, 5.74) is 5.76. The number of Topliss-reactive ketones (excluding diaryl/α,β-unsaturated/α-hetero) is 1. The molecule has 0 saturated carbocycles. The fourth-order valence-corrected chi connectivity index (χ4v) is 1.12. The van der Waals surface area contributed by atoms with Gasteiger partial charge in [-0.2, -0.15) is 5.10 Å². The Morgan fingerprint density at radius 3 is 2.80 bits per heavy atom. The first-order chi connectivity index (χ1) is 7.00. The van der Waals surface area contributed by atoms with Crippen LogP contribution in [-0.4, -0.2) is 32.7 Å². The summed E-state index contributed by atoms with van der Waals surface area (Å²) in [5, 5.41) is 12.4. The number of hydrogen-bond acceptors (Lipinski definition) is 4. The third-order valence-corrected chi connectivity index (χ3v) is 2.03. The number of aliphatic carboxylic acids is 1. The van der Waals surface area contributed by atoms with Crippen LogP contribution >= 0.6 is 0 Å². The smallest absolute Gasteiger partial charge is 0.320 e. The van der Waals surface area contributed by atoms with Crippen LogP contribution in [0.4, 0.5) is 0 Å². The van der Waals surface area contributed by atoms with Crippen molar-refractivity contribution in [3.05, 3.63) is 18.0 Å². The molecule has 0 saturated heterocycles. The molecule has 0 fully saturated rings. The van der Waals surface area contributed by atoms with Gasteiger partial charge < -0.3 is 10.8 Å². The van der Waals surface area contributed by atoms with Crippen LogP contribution in [0.25, 0.3) is 0 Å². The van der Waals surface area contributed by atoms with Gasteiger partial charge in [0.2, 0.25) is 0 Å². The van der Waals surface area contributed by atoms with Gasteiger partial charge in [-0.05, 0) is 6.42 Å². The SMILES string of the molecule is Cn1cc(C(=O)CC[C@@H](N)C(=O)O)cn1. The van der Waals surface area contributed by atoms with Gasteiger partial charge in [-0.25, -0.2) is 0 Å². The number of aryl methyl sites for hydroxylation is 1. The normalized spacial score (nSPS) is 12.4. The fourth-order valence-electron chi connectivity index (χ4n) is 1.12. The topological polar surface area (TPSA) is 98.2 Å². The zero-order chi connectivity index (χ0) is 11.4. The van der Waals surface area contributed by atoms with Crippen molar-refractivity contribution in [2.45, 2.75) is 18.9 Å². The minimum absolute atomic E-state index is 0.124. The lowest BCUT2D eigenvalue weighted by Crippen LogP contribution is -2.30. The zero-order valence-electron chi connectivity index (χ0n) is 8.38. The molecule has 6 nitrogen and oxygen atoms in total. The number of carboxylic acid groups (broad SMARTS) is 1. The van der Waals surface area contributed by atoms with E-state index in [-0.39, 0.29) is 18.6 Å². The lowest BCUT2D eigenvalue weighted by atomic mass is 10.1. The molecular weight excluding hydrogens is 198 g/mol. The summed E-state index contributed by atoms with van der Waals surface area (Å²) in [7, 11) is 1.71. The van der Waals surface area contributed by atoms with Crippen LogP contribution in [0, 0.1) is 0 Å². The minimum Gasteiger partial charge on any atom is -0.480 e. The molecule has 3 N–H and O–H groups in total. The standard InChI is InChI=1S/C9H13N3O3/c1-12-5-6(4-11-12)8(13)3-2-7(10)9(14)15/h4-5,7H,2-3,10H2,1H3,(H,14,15)/t7-/m1/s1. The Morgan fingerprint density at radius 2 is 2.33 bits per heavy atom. The first-order valence-electron chi connectivity index (χ1n) is 4.51. The van der Waals surface area contributed by atoms with Crippen molar-refractivity contribution in [2.24, 2.45) is 12.8 Å². The largest absolute Gasteiger partial charge is 0.480 e. The summed E-state index contributed by atoms with van der Waals surface area (Å²) in [5.74, 6) is -1.23. The van der Waals surface area contributed by atoms with Crippen LogP contribution < -0.4 is 5.73 Å². The van der Waals surface area contributed by atoms with Crippen LogP contribution in [0.1, 0.15) is 23.2 Å². The summed E-state index contributed by atoms with van der Waals surface area (Å²) in [6, 6.07) is -0.981. The molecule has 1 aromatic heterocycles. The van der Waals surface area contributed by atoms with Gasteiger partial charge in [-0.15, -0.1) is 0 Å². The lowest BCUT2D eigenvalue weighted by Gasteiger charge is -2.03. The molecule has 0 aromatic carbocycles. The minimum atomic E-state index is -1.09. The number of aromatic nitrogens is 2. The molecule has 1 atom stereocenters. The summed E-state index contributed by atoms with van der Waals surface area (Å²) in [4.78, 5) is 21.9. The Bertz CT molecular complexity index is 372. The van der Waals surface area contributed by atoms with Crippen molar-refractivity contribution in [3.63, 3.8) is 0 Å². The molecule has 15 heavy (non-hydrogen) atoms. The summed E-state index contributed by atoms with van der Waals surface area (Å²) >= 11 is 0. The Hall–Kier alpha value is -1.69. The van der Waals surface area contributed by atoms with E-state index in [9.17, 15) is 9.59 Å². The highest BCUT2D eigenvalue weighted by molar-refractivity contribution is 5.95. The maximum atomic E-state index is 11.5. The number of nitrogens with zero attached hydrogens (tertiary/aromatic N) is 2. The molecule has 0 radical (unpaired) electrons. The number of carboxylic acids is 1. The average Bonchev–Trinajstić information content (AvgIpc) is 2.60. The quantitative estimate of drug-likeness (QED) is 0.657. The van der Waals surface area contributed by atoms with Crippen LogP contribution in [0.5, 0.6) is 0 Å². The van der Waals surface area contributed by atoms with E-state index >= 15 is 0 Å². The van der Waals surface area contributed by atoms with E-state index in [0.29, 0.717) is 5.56 Å². The fraction of sp³-hybridized carbons (Fsp3) is 0.444. The second kappa shape index (κ2) is 4.70. The van der Waals surface area contributed by atoms with Crippen LogP contribution in [0.3, 0.4) is 0 Å². The van der Waals surface area contributed by atoms with Gasteiger partial charge in [0, 0.05) is 19.7 Å². The van der Waals surface area contributed by atoms with E-state index in [1.165, 1.54) is 10.9 Å². The molecule has 0 aliphatic carbocycles. The first-order valence-corrected chi connectivity index (χ1v) is 4.51. The van der Waals surface area contributed by atoms with Crippen molar-refractivity contribution in [3.8, 4) is 0 Å². The molecule has 0 aliphatic rings.